The highest BCUT2D eigenvalue weighted by atomic mass is 16.6. The molecule has 0 bridgehead atoms. The van der Waals surface area contributed by atoms with Crippen molar-refractivity contribution in [1.82, 2.24) is 0 Å². The SMILES string of the molecule is C=C(C)CO/N=C(\C)c1ccc(CCO)cc1. The first kappa shape index (κ1) is 13.5. The van der Waals surface area contributed by atoms with E-state index in [4.69, 9.17) is 9.94 Å². The van der Waals surface area contributed by atoms with Crippen molar-refractivity contribution in [2.75, 3.05) is 13.2 Å². The Hall–Kier alpha value is -1.61. The second kappa shape index (κ2) is 6.86. The zero-order valence-corrected chi connectivity index (χ0v) is 10.4. The summed E-state index contributed by atoms with van der Waals surface area (Å²) in [6.45, 7) is 8.16. The summed E-state index contributed by atoms with van der Waals surface area (Å²) in [6.07, 6.45) is 0.683. The van der Waals surface area contributed by atoms with E-state index < -0.39 is 0 Å². The standard InChI is InChI=1S/C14H19NO2/c1-11(2)10-17-15-12(3)14-6-4-13(5-7-14)8-9-16/h4-7,16H,1,8-10H2,2-3H3/b15-12+. The molecule has 0 radical (unpaired) electrons. The highest BCUT2D eigenvalue weighted by molar-refractivity contribution is 5.98. The molecule has 0 saturated carbocycles. The third-order valence-corrected chi connectivity index (χ3v) is 2.28. The number of hydrogen-bond acceptors (Lipinski definition) is 3. The largest absolute Gasteiger partial charge is 0.396 e. The molecule has 1 aromatic carbocycles. The van der Waals surface area contributed by atoms with Crippen LogP contribution in [0.5, 0.6) is 0 Å². The molecule has 92 valence electrons. The molecule has 0 saturated heterocycles. The van der Waals surface area contributed by atoms with Crippen molar-refractivity contribution in [1.29, 1.82) is 0 Å². The molecule has 0 spiro atoms. The molecule has 0 unspecified atom stereocenters. The second-order valence-corrected chi connectivity index (χ2v) is 4.08. The van der Waals surface area contributed by atoms with Gasteiger partial charge in [0, 0.05) is 6.61 Å². The van der Waals surface area contributed by atoms with Crippen LogP contribution in [0, 0.1) is 0 Å². The summed E-state index contributed by atoms with van der Waals surface area (Å²) in [5.74, 6) is 0. The van der Waals surface area contributed by atoms with E-state index in [0.29, 0.717) is 13.0 Å². The van der Waals surface area contributed by atoms with Crippen LogP contribution in [-0.2, 0) is 11.3 Å². The Morgan fingerprint density at radius 1 is 1.29 bits per heavy atom. The van der Waals surface area contributed by atoms with E-state index in [9.17, 15) is 0 Å². The first-order valence-corrected chi connectivity index (χ1v) is 5.64. The number of oxime groups is 1. The molecule has 1 rings (SSSR count). The zero-order chi connectivity index (χ0) is 12.7. The zero-order valence-electron chi connectivity index (χ0n) is 10.4. The molecule has 0 atom stereocenters. The molecule has 1 aromatic rings. The van der Waals surface area contributed by atoms with Gasteiger partial charge in [0.2, 0.25) is 0 Å². The van der Waals surface area contributed by atoms with Crippen molar-refractivity contribution in [2.24, 2.45) is 5.16 Å². The first-order valence-electron chi connectivity index (χ1n) is 5.64. The van der Waals surface area contributed by atoms with Crippen LogP contribution in [-0.4, -0.2) is 24.0 Å². The van der Waals surface area contributed by atoms with Crippen molar-refractivity contribution in [2.45, 2.75) is 20.3 Å². The van der Waals surface area contributed by atoms with Crippen molar-refractivity contribution in [3.8, 4) is 0 Å². The van der Waals surface area contributed by atoms with Crippen LogP contribution in [0.15, 0.2) is 41.6 Å². The minimum atomic E-state index is 0.175. The van der Waals surface area contributed by atoms with Crippen LogP contribution < -0.4 is 0 Å². The van der Waals surface area contributed by atoms with Crippen molar-refractivity contribution < 1.29 is 9.94 Å². The Morgan fingerprint density at radius 3 is 2.47 bits per heavy atom. The van der Waals surface area contributed by atoms with Crippen molar-refractivity contribution in [3.63, 3.8) is 0 Å². The van der Waals surface area contributed by atoms with Gasteiger partial charge in [-0.3, -0.25) is 0 Å². The minimum absolute atomic E-state index is 0.175. The van der Waals surface area contributed by atoms with Gasteiger partial charge in [0.05, 0.1) is 5.71 Å². The maximum absolute atomic E-state index is 8.81. The lowest BCUT2D eigenvalue weighted by molar-refractivity contribution is 0.168. The van der Waals surface area contributed by atoms with Crippen LogP contribution in [0.4, 0.5) is 0 Å². The molecule has 17 heavy (non-hydrogen) atoms. The van der Waals surface area contributed by atoms with Crippen LogP contribution >= 0.6 is 0 Å². The maximum Gasteiger partial charge on any atom is 0.137 e. The van der Waals surface area contributed by atoms with E-state index in [-0.39, 0.29) is 6.61 Å². The number of rotatable bonds is 6. The predicted molar refractivity (Wildman–Crippen MR) is 70.2 cm³/mol. The minimum Gasteiger partial charge on any atom is -0.396 e. The Balaban J connectivity index is 2.62. The third kappa shape index (κ3) is 4.83. The summed E-state index contributed by atoms with van der Waals surface area (Å²) in [5.41, 5.74) is 3.92. The van der Waals surface area contributed by atoms with Crippen LogP contribution in [0.25, 0.3) is 0 Å². The van der Waals surface area contributed by atoms with Gasteiger partial charge in [0.25, 0.3) is 0 Å². The van der Waals surface area contributed by atoms with Gasteiger partial charge in [0.1, 0.15) is 6.61 Å². The molecule has 0 heterocycles. The lowest BCUT2D eigenvalue weighted by Crippen LogP contribution is -1.98. The normalized spacial score (nSPS) is 11.4. The summed E-state index contributed by atoms with van der Waals surface area (Å²) in [6, 6.07) is 7.94. The topological polar surface area (TPSA) is 41.8 Å². The van der Waals surface area contributed by atoms with E-state index in [1.54, 1.807) is 0 Å². The average molecular weight is 233 g/mol. The molecule has 0 amide bonds. The number of aliphatic hydroxyl groups is 1. The number of aliphatic hydroxyl groups excluding tert-OH is 1. The summed E-state index contributed by atoms with van der Waals surface area (Å²) in [4.78, 5) is 5.14. The second-order valence-electron chi connectivity index (χ2n) is 4.08. The maximum atomic E-state index is 8.81. The fourth-order valence-corrected chi connectivity index (χ4v) is 1.33. The van der Waals surface area contributed by atoms with E-state index in [0.717, 1.165) is 22.4 Å². The van der Waals surface area contributed by atoms with Crippen LogP contribution in [0.1, 0.15) is 25.0 Å². The van der Waals surface area contributed by atoms with Gasteiger partial charge in [-0.2, -0.15) is 0 Å². The van der Waals surface area contributed by atoms with Gasteiger partial charge in [-0.05, 0) is 37.0 Å². The van der Waals surface area contributed by atoms with Gasteiger partial charge >= 0.3 is 0 Å². The molecule has 0 aliphatic carbocycles. The van der Waals surface area contributed by atoms with Crippen LogP contribution in [0.2, 0.25) is 0 Å². The summed E-state index contributed by atoms with van der Waals surface area (Å²) < 4.78 is 0. The molecule has 0 aromatic heterocycles. The highest BCUT2D eigenvalue weighted by Crippen LogP contribution is 2.07. The first-order chi connectivity index (χ1) is 8.13. The fraction of sp³-hybridized carbons (Fsp3) is 0.357. The van der Waals surface area contributed by atoms with E-state index in [1.807, 2.05) is 38.1 Å². The van der Waals surface area contributed by atoms with Gasteiger partial charge in [-0.15, -0.1) is 0 Å². The smallest absolute Gasteiger partial charge is 0.137 e. The molecule has 0 aliphatic heterocycles. The van der Waals surface area contributed by atoms with Crippen LogP contribution in [0.3, 0.4) is 0 Å². The lowest BCUT2D eigenvalue weighted by Gasteiger charge is -2.03. The Kier molecular flexibility index (Phi) is 5.43. The molecular formula is C14H19NO2. The molecule has 0 fully saturated rings. The van der Waals surface area contributed by atoms with Crippen molar-refractivity contribution in [3.05, 3.63) is 47.5 Å². The Bertz CT molecular complexity index is 393. The predicted octanol–water partition coefficient (Wildman–Crippen LogP) is 2.54. The van der Waals surface area contributed by atoms with Gasteiger partial charge in [-0.1, -0.05) is 36.0 Å². The van der Waals surface area contributed by atoms with Gasteiger partial charge in [-0.25, -0.2) is 0 Å². The molecule has 0 aliphatic rings. The van der Waals surface area contributed by atoms with E-state index >= 15 is 0 Å². The summed E-state index contributed by atoms with van der Waals surface area (Å²) >= 11 is 0. The Morgan fingerprint density at radius 2 is 1.94 bits per heavy atom. The Labute approximate surface area is 102 Å². The fourth-order valence-electron chi connectivity index (χ4n) is 1.33. The molecular weight excluding hydrogens is 214 g/mol. The quantitative estimate of drug-likeness (QED) is 0.466. The molecule has 3 heteroatoms. The highest BCUT2D eigenvalue weighted by Gasteiger charge is 1.98. The van der Waals surface area contributed by atoms with E-state index in [2.05, 4.69) is 11.7 Å². The summed E-state index contributed by atoms with van der Waals surface area (Å²) in [7, 11) is 0. The van der Waals surface area contributed by atoms with Gasteiger partial charge < -0.3 is 9.94 Å². The number of nitrogens with zero attached hydrogens (tertiary/aromatic N) is 1. The van der Waals surface area contributed by atoms with Crippen molar-refractivity contribution >= 4 is 5.71 Å². The summed E-state index contributed by atoms with van der Waals surface area (Å²) in [5, 5.41) is 12.8. The molecule has 1 N–H and O–H groups in total. The third-order valence-electron chi connectivity index (χ3n) is 2.28. The lowest BCUT2D eigenvalue weighted by atomic mass is 10.1. The average Bonchev–Trinajstić information content (AvgIpc) is 2.30. The number of hydrogen-bond donors (Lipinski definition) is 1. The molecule has 3 nitrogen and oxygen atoms in total. The van der Waals surface area contributed by atoms with Gasteiger partial charge in [0.15, 0.2) is 0 Å². The van der Waals surface area contributed by atoms with E-state index in [1.165, 1.54) is 0 Å². The monoisotopic (exact) mass is 233 g/mol. The number of benzene rings is 1.